The number of carbonyl (C=O) groups is 3. The van der Waals surface area contributed by atoms with E-state index in [1.807, 2.05) is 19.9 Å². The van der Waals surface area contributed by atoms with Crippen LogP contribution >= 0.6 is 0 Å². The van der Waals surface area contributed by atoms with Crippen LogP contribution in [0.15, 0.2) is 78.9 Å². The van der Waals surface area contributed by atoms with E-state index in [2.05, 4.69) is 11.9 Å². The summed E-state index contributed by atoms with van der Waals surface area (Å²) in [6.07, 6.45) is 3.66. The molecule has 0 radical (unpaired) electrons. The Hall–Kier alpha value is -4.52. The summed E-state index contributed by atoms with van der Waals surface area (Å²) in [5, 5.41) is 2.25. The van der Waals surface area contributed by atoms with Crippen LogP contribution in [0.3, 0.4) is 0 Å². The first-order valence-corrected chi connectivity index (χ1v) is 11.4. The first-order chi connectivity index (χ1) is 17.2. The van der Waals surface area contributed by atoms with E-state index in [0.717, 1.165) is 27.2 Å². The molecule has 4 amide bonds. The summed E-state index contributed by atoms with van der Waals surface area (Å²) in [7, 11) is 0. The number of ether oxygens (including phenoxy) is 1. The predicted molar refractivity (Wildman–Crippen MR) is 136 cm³/mol. The van der Waals surface area contributed by atoms with Crippen molar-refractivity contribution in [2.24, 2.45) is 0 Å². The van der Waals surface area contributed by atoms with Crippen LogP contribution in [-0.4, -0.2) is 17.8 Å². The third-order valence-corrected chi connectivity index (χ3v) is 5.63. The third-order valence-electron chi connectivity index (χ3n) is 5.63. The molecule has 3 aromatic carbocycles. The summed E-state index contributed by atoms with van der Waals surface area (Å²) in [6, 6.07) is 15.9. The van der Waals surface area contributed by atoms with Crippen LogP contribution in [0.2, 0.25) is 0 Å². The number of imide groups is 2. The first-order valence-electron chi connectivity index (χ1n) is 11.4. The Labute approximate surface area is 208 Å². The smallest absolute Gasteiger partial charge is 0.335 e. The molecule has 1 fully saturated rings. The van der Waals surface area contributed by atoms with Crippen molar-refractivity contribution in [3.05, 3.63) is 113 Å². The average molecular weight is 485 g/mol. The van der Waals surface area contributed by atoms with E-state index in [9.17, 15) is 18.8 Å². The van der Waals surface area contributed by atoms with Crippen molar-refractivity contribution in [1.82, 2.24) is 5.32 Å². The molecule has 3 aromatic rings. The van der Waals surface area contributed by atoms with Crippen molar-refractivity contribution < 1.29 is 23.5 Å². The maximum Gasteiger partial charge on any atom is 0.335 e. The second-order valence-corrected chi connectivity index (χ2v) is 8.58. The van der Waals surface area contributed by atoms with E-state index < -0.39 is 17.8 Å². The molecule has 0 aliphatic carbocycles. The van der Waals surface area contributed by atoms with Gasteiger partial charge in [-0.1, -0.05) is 30.3 Å². The lowest BCUT2D eigenvalue weighted by Gasteiger charge is -2.27. The maximum absolute atomic E-state index is 13.2. The number of aryl methyl sites for hydroxylation is 2. The second kappa shape index (κ2) is 10.4. The van der Waals surface area contributed by atoms with Gasteiger partial charge < -0.3 is 4.74 Å². The van der Waals surface area contributed by atoms with E-state index in [0.29, 0.717) is 23.4 Å². The molecular formula is C29H25FN2O4. The fourth-order valence-electron chi connectivity index (χ4n) is 4.03. The SMILES string of the molecule is C=CCc1cc(/C=C2\C(=O)NC(=O)N(c3cc(C)cc(C)c3)C2=O)ccc1OCc1ccc(F)cc1. The Balaban J connectivity index is 1.62. The van der Waals surface area contributed by atoms with Crippen molar-refractivity contribution in [3.63, 3.8) is 0 Å². The van der Waals surface area contributed by atoms with E-state index >= 15 is 0 Å². The number of allylic oxidation sites excluding steroid dienone is 1. The van der Waals surface area contributed by atoms with Crippen LogP contribution in [0.5, 0.6) is 5.75 Å². The molecule has 1 saturated heterocycles. The van der Waals surface area contributed by atoms with Crippen molar-refractivity contribution in [3.8, 4) is 5.75 Å². The van der Waals surface area contributed by atoms with Gasteiger partial charge in [-0.25, -0.2) is 14.1 Å². The van der Waals surface area contributed by atoms with Crippen molar-refractivity contribution in [2.45, 2.75) is 26.9 Å². The first kappa shape index (κ1) is 24.6. The van der Waals surface area contributed by atoms with Crippen molar-refractivity contribution >= 4 is 29.6 Å². The number of nitrogens with one attached hydrogen (secondary N) is 1. The molecule has 0 atom stereocenters. The van der Waals surface area contributed by atoms with Gasteiger partial charge in [0.2, 0.25) is 0 Å². The monoisotopic (exact) mass is 484 g/mol. The van der Waals surface area contributed by atoms with Crippen LogP contribution in [0.25, 0.3) is 6.08 Å². The Kier molecular flexibility index (Phi) is 7.10. The third kappa shape index (κ3) is 5.41. The molecule has 0 unspecified atom stereocenters. The fourth-order valence-corrected chi connectivity index (χ4v) is 4.03. The van der Waals surface area contributed by atoms with Gasteiger partial charge in [0, 0.05) is 0 Å². The van der Waals surface area contributed by atoms with Gasteiger partial charge in [0.1, 0.15) is 23.7 Å². The summed E-state index contributed by atoms with van der Waals surface area (Å²) < 4.78 is 19.1. The van der Waals surface area contributed by atoms with Gasteiger partial charge in [0.25, 0.3) is 11.8 Å². The highest BCUT2D eigenvalue weighted by atomic mass is 19.1. The normalized spacial score (nSPS) is 14.7. The maximum atomic E-state index is 13.2. The summed E-state index contributed by atoms with van der Waals surface area (Å²) in [5.74, 6) is -1.17. The topological polar surface area (TPSA) is 75.7 Å². The second-order valence-electron chi connectivity index (χ2n) is 8.58. The summed E-state index contributed by atoms with van der Waals surface area (Å²) in [6.45, 7) is 7.77. The fraction of sp³-hybridized carbons (Fsp3) is 0.138. The number of carbonyl (C=O) groups excluding carboxylic acids is 3. The average Bonchev–Trinajstić information content (AvgIpc) is 2.82. The predicted octanol–water partition coefficient (Wildman–Crippen LogP) is 5.42. The van der Waals surface area contributed by atoms with Gasteiger partial charge in [-0.15, -0.1) is 6.58 Å². The molecule has 0 aromatic heterocycles. The number of benzene rings is 3. The minimum atomic E-state index is -0.788. The summed E-state index contributed by atoms with van der Waals surface area (Å²) in [5.41, 5.74) is 4.22. The number of hydrogen-bond acceptors (Lipinski definition) is 4. The molecule has 4 rings (SSSR count). The minimum absolute atomic E-state index is 0.154. The number of nitrogens with zero attached hydrogens (tertiary/aromatic N) is 1. The van der Waals surface area contributed by atoms with Crippen molar-refractivity contribution in [2.75, 3.05) is 4.90 Å². The van der Waals surface area contributed by atoms with E-state index in [4.69, 9.17) is 4.74 Å². The van der Waals surface area contributed by atoms with Crippen LogP contribution < -0.4 is 15.0 Å². The van der Waals surface area contributed by atoms with Gasteiger partial charge in [-0.3, -0.25) is 14.9 Å². The van der Waals surface area contributed by atoms with Gasteiger partial charge in [-0.05, 0) is 90.6 Å². The number of rotatable bonds is 7. The van der Waals surface area contributed by atoms with Crippen LogP contribution in [0.1, 0.15) is 27.8 Å². The van der Waals surface area contributed by atoms with Gasteiger partial charge in [0.05, 0.1) is 5.69 Å². The van der Waals surface area contributed by atoms with Crippen LogP contribution in [-0.2, 0) is 22.6 Å². The Morgan fingerprint density at radius 2 is 1.67 bits per heavy atom. The zero-order valence-electron chi connectivity index (χ0n) is 20.0. The molecule has 0 bridgehead atoms. The molecule has 36 heavy (non-hydrogen) atoms. The highest BCUT2D eigenvalue weighted by Gasteiger charge is 2.37. The molecule has 0 saturated carbocycles. The molecule has 0 spiro atoms. The summed E-state index contributed by atoms with van der Waals surface area (Å²) in [4.78, 5) is 39.3. The number of amides is 4. The van der Waals surface area contributed by atoms with E-state index in [1.165, 1.54) is 18.2 Å². The molecule has 1 heterocycles. The largest absolute Gasteiger partial charge is 0.489 e. The zero-order valence-corrected chi connectivity index (χ0v) is 20.0. The molecule has 6 nitrogen and oxygen atoms in total. The standard InChI is InChI=1S/C29H25FN2O4/c1-4-5-22-15-21(8-11-26(22)36-17-20-6-9-23(30)10-7-20)16-25-27(33)31-29(35)32(28(25)34)24-13-18(2)12-19(3)14-24/h4,6-16H,1,5,17H2,2-3H3,(H,31,33,35)/b25-16+. The summed E-state index contributed by atoms with van der Waals surface area (Å²) >= 11 is 0. The van der Waals surface area contributed by atoms with Gasteiger partial charge >= 0.3 is 6.03 Å². The molecule has 7 heteroatoms. The van der Waals surface area contributed by atoms with E-state index in [-0.39, 0.29) is 18.0 Å². The molecule has 182 valence electrons. The van der Waals surface area contributed by atoms with Crippen LogP contribution in [0.4, 0.5) is 14.9 Å². The molecular weight excluding hydrogens is 459 g/mol. The lowest BCUT2D eigenvalue weighted by Crippen LogP contribution is -2.54. The molecule has 1 aliphatic heterocycles. The Bertz CT molecular complexity index is 1370. The highest BCUT2D eigenvalue weighted by Crippen LogP contribution is 2.27. The number of hydrogen-bond donors (Lipinski definition) is 1. The number of barbiturate groups is 1. The van der Waals surface area contributed by atoms with Crippen LogP contribution in [0, 0.1) is 19.7 Å². The highest BCUT2D eigenvalue weighted by molar-refractivity contribution is 6.39. The van der Waals surface area contributed by atoms with Gasteiger partial charge in [0.15, 0.2) is 0 Å². The van der Waals surface area contributed by atoms with Gasteiger partial charge in [-0.2, -0.15) is 0 Å². The lowest BCUT2D eigenvalue weighted by molar-refractivity contribution is -0.122. The lowest BCUT2D eigenvalue weighted by atomic mass is 10.0. The molecule has 1 N–H and O–H groups in total. The number of urea groups is 1. The molecule has 1 aliphatic rings. The zero-order chi connectivity index (χ0) is 25.8. The minimum Gasteiger partial charge on any atom is -0.489 e. The Morgan fingerprint density at radius 3 is 2.33 bits per heavy atom. The van der Waals surface area contributed by atoms with Crippen molar-refractivity contribution in [1.29, 1.82) is 0 Å². The quantitative estimate of drug-likeness (QED) is 0.276. The number of anilines is 1. The van der Waals surface area contributed by atoms with E-state index in [1.54, 1.807) is 48.5 Å². The number of halogens is 1. The Morgan fingerprint density at radius 1 is 0.972 bits per heavy atom.